The summed E-state index contributed by atoms with van der Waals surface area (Å²) in [6.45, 7) is 1.89. The Morgan fingerprint density at radius 1 is 1.39 bits per heavy atom. The number of aromatic amines is 1. The first-order valence-electron chi connectivity index (χ1n) is 8.83. The Labute approximate surface area is 158 Å². The Morgan fingerprint density at radius 3 is 3.00 bits per heavy atom. The second-order valence-electron chi connectivity index (χ2n) is 6.71. The van der Waals surface area contributed by atoms with E-state index in [4.69, 9.17) is 4.74 Å². The number of H-pyrrole nitrogens is 1. The monoisotopic (exact) mass is 386 g/mol. The zero-order chi connectivity index (χ0) is 19.7. The van der Waals surface area contributed by atoms with Gasteiger partial charge in [-0.3, -0.25) is 14.3 Å². The third-order valence-electron chi connectivity index (χ3n) is 4.75. The summed E-state index contributed by atoms with van der Waals surface area (Å²) < 4.78 is 10.7. The second-order valence-corrected chi connectivity index (χ2v) is 6.71. The van der Waals surface area contributed by atoms with Crippen LogP contribution in [-0.4, -0.2) is 47.3 Å². The van der Waals surface area contributed by atoms with Gasteiger partial charge in [0, 0.05) is 24.2 Å². The minimum atomic E-state index is -0.620. The van der Waals surface area contributed by atoms with Crippen molar-refractivity contribution in [2.75, 3.05) is 6.61 Å². The summed E-state index contributed by atoms with van der Waals surface area (Å²) in [6, 6.07) is 1.53. The van der Waals surface area contributed by atoms with Crippen LogP contribution in [-0.2, 0) is 11.3 Å². The average molecular weight is 386 g/mol. The molecule has 1 fully saturated rings. The van der Waals surface area contributed by atoms with Crippen LogP contribution < -0.4 is 15.8 Å². The van der Waals surface area contributed by atoms with E-state index >= 15 is 0 Å². The summed E-state index contributed by atoms with van der Waals surface area (Å²) >= 11 is 0. The molecule has 0 unspecified atom stereocenters. The van der Waals surface area contributed by atoms with E-state index in [2.05, 4.69) is 20.3 Å². The lowest BCUT2D eigenvalue weighted by Gasteiger charge is -2.15. The molecule has 2 N–H and O–H groups in total. The highest BCUT2D eigenvalue weighted by atomic mass is 16.5. The van der Waals surface area contributed by atoms with Gasteiger partial charge in [0.15, 0.2) is 0 Å². The molecule has 146 valence electrons. The Bertz CT molecular complexity index is 1070. The average Bonchev–Trinajstić information content (AvgIpc) is 3.32. The van der Waals surface area contributed by atoms with Crippen LogP contribution in [0.4, 0.5) is 0 Å². The largest absolute Gasteiger partial charge is 0.394 e. The molecule has 1 aliphatic heterocycles. The van der Waals surface area contributed by atoms with Gasteiger partial charge in [0.2, 0.25) is 0 Å². The van der Waals surface area contributed by atoms with Crippen molar-refractivity contribution < 1.29 is 14.4 Å². The Hall–Kier alpha value is -3.18. The highest BCUT2D eigenvalue weighted by Crippen LogP contribution is 2.35. The Morgan fingerprint density at radius 2 is 2.25 bits per heavy atom. The van der Waals surface area contributed by atoms with Crippen LogP contribution in [0.2, 0.25) is 0 Å². The molecule has 0 saturated carbocycles. The maximum absolute atomic E-state index is 12.1. The standard InChI is InChI=1S/C17H19N7O4/c1-11-6-23(17(27)19-16(11)26)15-5-13(14(9-25)28-15)24-8-12(20-21-24)7-22-4-2-3-18-10-22/h2-4,6,8,10,13-15,25H,5,7,9H2,1H3/p+1/t13-,14+,15+/m0/s1. The number of aromatic nitrogens is 7. The first kappa shape index (κ1) is 18.2. The number of nitrogens with zero attached hydrogens (tertiary/aromatic N) is 6. The number of nitrogens with one attached hydrogen (secondary N) is 1. The van der Waals surface area contributed by atoms with E-state index in [1.54, 1.807) is 30.3 Å². The highest BCUT2D eigenvalue weighted by Gasteiger charge is 2.38. The Kier molecular flexibility index (Phi) is 4.84. The van der Waals surface area contributed by atoms with Gasteiger partial charge in [-0.05, 0) is 6.92 Å². The molecule has 4 heterocycles. The van der Waals surface area contributed by atoms with Crippen molar-refractivity contribution in [1.29, 1.82) is 0 Å². The fraction of sp³-hybridized carbons (Fsp3) is 0.412. The van der Waals surface area contributed by atoms with E-state index in [9.17, 15) is 14.7 Å². The third kappa shape index (κ3) is 3.49. The zero-order valence-electron chi connectivity index (χ0n) is 15.2. The van der Waals surface area contributed by atoms with E-state index < -0.39 is 23.6 Å². The van der Waals surface area contributed by atoms with E-state index in [1.165, 1.54) is 10.8 Å². The van der Waals surface area contributed by atoms with E-state index in [-0.39, 0.29) is 12.6 Å². The molecule has 28 heavy (non-hydrogen) atoms. The number of aliphatic hydroxyl groups excluding tert-OH is 1. The van der Waals surface area contributed by atoms with Crippen LogP contribution in [0.1, 0.15) is 29.9 Å². The molecule has 11 nitrogen and oxygen atoms in total. The smallest absolute Gasteiger partial charge is 0.330 e. The molecular weight excluding hydrogens is 366 g/mol. The van der Waals surface area contributed by atoms with Crippen molar-refractivity contribution >= 4 is 0 Å². The van der Waals surface area contributed by atoms with Crippen LogP contribution in [0.15, 0.2) is 46.8 Å². The molecular formula is C17H20N7O4+. The van der Waals surface area contributed by atoms with Crippen LogP contribution in [0.5, 0.6) is 0 Å². The minimum Gasteiger partial charge on any atom is -0.394 e. The highest BCUT2D eigenvalue weighted by molar-refractivity contribution is 5.02. The van der Waals surface area contributed by atoms with Crippen molar-refractivity contribution in [3.05, 3.63) is 69.3 Å². The van der Waals surface area contributed by atoms with Crippen molar-refractivity contribution in [3.63, 3.8) is 0 Å². The maximum atomic E-state index is 12.1. The van der Waals surface area contributed by atoms with Crippen LogP contribution >= 0.6 is 0 Å². The summed E-state index contributed by atoms with van der Waals surface area (Å²) in [5, 5.41) is 18.1. The minimum absolute atomic E-state index is 0.231. The predicted octanol–water partition coefficient (Wildman–Crippen LogP) is -1.31. The lowest BCUT2D eigenvalue weighted by atomic mass is 10.1. The van der Waals surface area contributed by atoms with Crippen LogP contribution in [0.3, 0.4) is 0 Å². The van der Waals surface area contributed by atoms with Gasteiger partial charge < -0.3 is 9.84 Å². The quantitative estimate of drug-likeness (QED) is 0.520. The summed E-state index contributed by atoms with van der Waals surface area (Å²) in [7, 11) is 0. The number of aryl methyl sites for hydroxylation is 1. The number of ether oxygens (including phenoxy) is 1. The predicted molar refractivity (Wildman–Crippen MR) is 94.3 cm³/mol. The van der Waals surface area contributed by atoms with Gasteiger partial charge in [-0.1, -0.05) is 10.2 Å². The van der Waals surface area contributed by atoms with Crippen LogP contribution in [0.25, 0.3) is 0 Å². The lowest BCUT2D eigenvalue weighted by molar-refractivity contribution is -0.691. The zero-order valence-corrected chi connectivity index (χ0v) is 15.2. The SMILES string of the molecule is Cc1cn([C@H]2C[C@H](n3cc(C[n+]4cccnc4)nn3)[C@@H](CO)O2)c(=O)[nH]c1=O. The van der Waals surface area contributed by atoms with Gasteiger partial charge in [-0.15, -0.1) is 5.10 Å². The molecule has 11 heteroatoms. The second kappa shape index (κ2) is 7.44. The molecule has 3 aromatic rings. The summed E-state index contributed by atoms with van der Waals surface area (Å²) in [4.78, 5) is 30.1. The fourth-order valence-electron chi connectivity index (χ4n) is 3.32. The van der Waals surface area contributed by atoms with Crippen LogP contribution in [0, 0.1) is 6.92 Å². The van der Waals surface area contributed by atoms with E-state index in [1.807, 2.05) is 16.8 Å². The first-order valence-corrected chi connectivity index (χ1v) is 8.83. The van der Waals surface area contributed by atoms with Gasteiger partial charge in [0.1, 0.15) is 30.8 Å². The topological polar surface area (TPSA) is 132 Å². The van der Waals surface area contributed by atoms with Gasteiger partial charge in [0.05, 0.1) is 25.0 Å². The normalized spacial score (nSPS) is 21.9. The first-order chi connectivity index (χ1) is 13.5. The van der Waals surface area contributed by atoms with Gasteiger partial charge in [-0.2, -0.15) is 0 Å². The number of hydrogen-bond donors (Lipinski definition) is 2. The molecule has 4 rings (SSSR count). The van der Waals surface area contributed by atoms with Crippen molar-refractivity contribution in [2.24, 2.45) is 0 Å². The molecule has 0 spiro atoms. The van der Waals surface area contributed by atoms with Gasteiger partial charge in [-0.25, -0.2) is 14.0 Å². The molecule has 0 aliphatic carbocycles. The third-order valence-corrected chi connectivity index (χ3v) is 4.75. The van der Waals surface area contributed by atoms with Gasteiger partial charge >= 0.3 is 5.69 Å². The van der Waals surface area contributed by atoms with Crippen molar-refractivity contribution in [1.82, 2.24) is 29.5 Å². The summed E-state index contributed by atoms with van der Waals surface area (Å²) in [6.07, 6.45) is 7.75. The molecule has 1 aliphatic rings. The van der Waals surface area contributed by atoms with E-state index in [0.29, 0.717) is 18.5 Å². The van der Waals surface area contributed by atoms with E-state index in [0.717, 1.165) is 5.69 Å². The van der Waals surface area contributed by atoms with Crippen molar-refractivity contribution in [3.8, 4) is 0 Å². The van der Waals surface area contributed by atoms with Gasteiger partial charge in [0.25, 0.3) is 11.9 Å². The molecule has 3 atom stereocenters. The van der Waals surface area contributed by atoms with Crippen molar-refractivity contribution in [2.45, 2.75) is 38.3 Å². The number of rotatable bonds is 5. The fourth-order valence-corrected chi connectivity index (χ4v) is 3.32. The maximum Gasteiger partial charge on any atom is 0.330 e. The Balaban J connectivity index is 1.56. The lowest BCUT2D eigenvalue weighted by Crippen LogP contribution is -2.33. The molecule has 0 aromatic carbocycles. The molecule has 3 aromatic heterocycles. The summed E-state index contributed by atoms with van der Waals surface area (Å²) in [5.74, 6) is 0. The molecule has 0 radical (unpaired) electrons. The number of aliphatic hydroxyl groups is 1. The molecule has 0 bridgehead atoms. The molecule has 1 saturated heterocycles. The molecule has 0 amide bonds. The number of hydrogen-bond acceptors (Lipinski definition) is 7. The summed E-state index contributed by atoms with van der Waals surface area (Å²) in [5.41, 5.74) is 0.160.